The number of aromatic hydroxyl groups is 1. The SMILES string of the molecule is Cc1nn(-c2ccc(S(N)(=O)=O)cc2)cc1O. The molecule has 0 aliphatic heterocycles. The number of hydrogen-bond donors (Lipinski definition) is 2. The van der Waals surface area contributed by atoms with Crippen LogP contribution in [0.3, 0.4) is 0 Å². The Kier molecular flexibility index (Phi) is 2.64. The lowest BCUT2D eigenvalue weighted by Crippen LogP contribution is -2.12. The van der Waals surface area contributed by atoms with E-state index in [0.717, 1.165) is 0 Å². The maximum absolute atomic E-state index is 11.1. The van der Waals surface area contributed by atoms with Crippen LogP contribution in [0.4, 0.5) is 0 Å². The van der Waals surface area contributed by atoms with Gasteiger partial charge in [-0.15, -0.1) is 0 Å². The van der Waals surface area contributed by atoms with Gasteiger partial charge in [0.1, 0.15) is 5.69 Å². The molecule has 1 heterocycles. The van der Waals surface area contributed by atoms with Crippen LogP contribution in [0, 0.1) is 6.92 Å². The summed E-state index contributed by atoms with van der Waals surface area (Å²) in [6, 6.07) is 5.90. The third-order valence-electron chi connectivity index (χ3n) is 2.30. The van der Waals surface area contributed by atoms with E-state index in [0.29, 0.717) is 11.4 Å². The molecule has 2 rings (SSSR count). The van der Waals surface area contributed by atoms with Crippen LogP contribution < -0.4 is 5.14 Å². The first-order chi connectivity index (χ1) is 7.88. The summed E-state index contributed by atoms with van der Waals surface area (Å²) in [5, 5.41) is 18.4. The number of benzene rings is 1. The summed E-state index contributed by atoms with van der Waals surface area (Å²) >= 11 is 0. The zero-order valence-corrected chi connectivity index (χ0v) is 9.85. The molecule has 17 heavy (non-hydrogen) atoms. The Balaban J connectivity index is 2.42. The average molecular weight is 253 g/mol. The third-order valence-corrected chi connectivity index (χ3v) is 3.23. The molecule has 7 heteroatoms. The predicted molar refractivity (Wildman–Crippen MR) is 61.3 cm³/mol. The van der Waals surface area contributed by atoms with E-state index < -0.39 is 10.0 Å². The molecule has 1 aromatic heterocycles. The number of sulfonamides is 1. The van der Waals surface area contributed by atoms with E-state index in [-0.39, 0.29) is 10.6 Å². The molecular weight excluding hydrogens is 242 g/mol. The highest BCUT2D eigenvalue weighted by atomic mass is 32.2. The molecule has 6 nitrogen and oxygen atoms in total. The van der Waals surface area contributed by atoms with Gasteiger partial charge in [-0.3, -0.25) is 0 Å². The molecule has 0 fully saturated rings. The average Bonchev–Trinajstić information content (AvgIpc) is 2.58. The second kappa shape index (κ2) is 3.86. The molecule has 0 aliphatic rings. The maximum Gasteiger partial charge on any atom is 0.238 e. The van der Waals surface area contributed by atoms with Crippen LogP contribution in [-0.4, -0.2) is 23.3 Å². The largest absolute Gasteiger partial charge is 0.504 e. The van der Waals surface area contributed by atoms with Crippen LogP contribution in [0.15, 0.2) is 35.4 Å². The molecule has 0 amide bonds. The molecule has 0 saturated heterocycles. The molecule has 0 bridgehead atoms. The smallest absolute Gasteiger partial charge is 0.238 e. The van der Waals surface area contributed by atoms with Crippen LogP contribution in [0.5, 0.6) is 5.75 Å². The molecule has 0 spiro atoms. The maximum atomic E-state index is 11.1. The lowest BCUT2D eigenvalue weighted by molar-refractivity contribution is 0.471. The highest BCUT2D eigenvalue weighted by Gasteiger charge is 2.08. The van der Waals surface area contributed by atoms with Crippen LogP contribution in [0.25, 0.3) is 5.69 Å². The minimum Gasteiger partial charge on any atom is -0.504 e. The first-order valence-corrected chi connectivity index (χ1v) is 6.31. The van der Waals surface area contributed by atoms with Gasteiger partial charge in [-0.2, -0.15) is 5.10 Å². The van der Waals surface area contributed by atoms with Crippen molar-refractivity contribution in [2.75, 3.05) is 0 Å². The zero-order valence-electron chi connectivity index (χ0n) is 9.03. The van der Waals surface area contributed by atoms with Gasteiger partial charge in [0.25, 0.3) is 0 Å². The predicted octanol–water partition coefficient (Wildman–Crippen LogP) is 0.534. The minimum atomic E-state index is -3.68. The lowest BCUT2D eigenvalue weighted by atomic mass is 10.3. The molecule has 0 saturated carbocycles. The summed E-state index contributed by atoms with van der Waals surface area (Å²) in [6.45, 7) is 1.67. The van der Waals surface area contributed by atoms with Crippen molar-refractivity contribution in [3.63, 3.8) is 0 Å². The van der Waals surface area contributed by atoms with Gasteiger partial charge in [0.15, 0.2) is 5.75 Å². The summed E-state index contributed by atoms with van der Waals surface area (Å²) in [5.41, 5.74) is 1.14. The quantitative estimate of drug-likeness (QED) is 0.815. The van der Waals surface area contributed by atoms with E-state index >= 15 is 0 Å². The van der Waals surface area contributed by atoms with Gasteiger partial charge < -0.3 is 5.11 Å². The van der Waals surface area contributed by atoms with Gasteiger partial charge in [0, 0.05) is 0 Å². The molecule has 90 valence electrons. The molecule has 0 aliphatic carbocycles. The van der Waals surface area contributed by atoms with Gasteiger partial charge in [-0.05, 0) is 31.2 Å². The molecule has 0 unspecified atom stereocenters. The van der Waals surface area contributed by atoms with Crippen LogP contribution in [0.2, 0.25) is 0 Å². The number of aryl methyl sites for hydroxylation is 1. The second-order valence-corrected chi connectivity index (χ2v) is 5.14. The van der Waals surface area contributed by atoms with Gasteiger partial charge >= 0.3 is 0 Å². The first-order valence-electron chi connectivity index (χ1n) is 4.76. The molecule has 0 atom stereocenters. The van der Waals surface area contributed by atoms with E-state index in [1.807, 2.05) is 0 Å². The van der Waals surface area contributed by atoms with Gasteiger partial charge in [-0.1, -0.05) is 0 Å². The fourth-order valence-corrected chi connectivity index (χ4v) is 1.89. The summed E-state index contributed by atoms with van der Waals surface area (Å²) in [7, 11) is -3.68. The monoisotopic (exact) mass is 253 g/mol. The summed E-state index contributed by atoms with van der Waals surface area (Å²) in [4.78, 5) is 0.0364. The van der Waals surface area contributed by atoms with Crippen LogP contribution >= 0.6 is 0 Å². The first kappa shape index (κ1) is 11.6. The molecular formula is C10H11N3O3S. The fraction of sp³-hybridized carbons (Fsp3) is 0.100. The zero-order chi connectivity index (χ0) is 12.6. The number of primary sulfonamides is 1. The Hall–Kier alpha value is -1.86. The molecule has 0 radical (unpaired) electrons. The summed E-state index contributed by atoms with van der Waals surface area (Å²) < 4.78 is 23.6. The Bertz CT molecular complexity index is 624. The van der Waals surface area contributed by atoms with Crippen molar-refractivity contribution in [3.8, 4) is 11.4 Å². The molecule has 1 aromatic carbocycles. The standard InChI is InChI=1S/C10H11N3O3S/c1-7-10(14)6-13(12-7)8-2-4-9(5-3-8)17(11,15)16/h2-6,14H,1H3,(H2,11,15,16). The number of nitrogens with two attached hydrogens (primary N) is 1. The Morgan fingerprint density at radius 3 is 2.29 bits per heavy atom. The number of rotatable bonds is 2. The van der Waals surface area contributed by atoms with E-state index in [9.17, 15) is 13.5 Å². The van der Waals surface area contributed by atoms with Gasteiger partial charge in [0.2, 0.25) is 10.0 Å². The van der Waals surface area contributed by atoms with Crippen molar-refractivity contribution in [1.29, 1.82) is 0 Å². The number of hydrogen-bond acceptors (Lipinski definition) is 4. The van der Waals surface area contributed by atoms with Crippen molar-refractivity contribution in [1.82, 2.24) is 9.78 Å². The van der Waals surface area contributed by atoms with Crippen molar-refractivity contribution in [3.05, 3.63) is 36.2 Å². The van der Waals surface area contributed by atoms with Gasteiger partial charge in [0.05, 0.1) is 16.8 Å². The highest BCUT2D eigenvalue weighted by molar-refractivity contribution is 7.89. The van der Waals surface area contributed by atoms with Crippen LogP contribution in [0.1, 0.15) is 5.69 Å². The molecule has 2 aromatic rings. The second-order valence-electron chi connectivity index (χ2n) is 3.58. The van der Waals surface area contributed by atoms with Crippen molar-refractivity contribution in [2.24, 2.45) is 5.14 Å². The van der Waals surface area contributed by atoms with E-state index in [1.54, 1.807) is 19.1 Å². The summed E-state index contributed by atoms with van der Waals surface area (Å²) in [5.74, 6) is 0.0838. The molecule has 3 N–H and O–H groups in total. The van der Waals surface area contributed by atoms with Gasteiger partial charge in [-0.25, -0.2) is 18.2 Å². The van der Waals surface area contributed by atoms with Crippen molar-refractivity contribution < 1.29 is 13.5 Å². The third kappa shape index (κ3) is 2.29. The summed E-state index contributed by atoms with van der Waals surface area (Å²) in [6.07, 6.45) is 1.45. The highest BCUT2D eigenvalue weighted by Crippen LogP contribution is 2.18. The van der Waals surface area contributed by atoms with Crippen molar-refractivity contribution >= 4 is 10.0 Å². The van der Waals surface area contributed by atoms with E-state index in [4.69, 9.17) is 5.14 Å². The van der Waals surface area contributed by atoms with E-state index in [2.05, 4.69) is 5.10 Å². The lowest BCUT2D eigenvalue weighted by Gasteiger charge is -2.02. The Morgan fingerprint density at radius 2 is 1.88 bits per heavy atom. The number of aromatic nitrogens is 2. The Labute approximate surface area is 98.4 Å². The Morgan fingerprint density at radius 1 is 1.29 bits per heavy atom. The topological polar surface area (TPSA) is 98.2 Å². The number of nitrogens with zero attached hydrogens (tertiary/aromatic N) is 2. The normalized spacial score (nSPS) is 11.6. The van der Waals surface area contributed by atoms with Crippen LogP contribution in [-0.2, 0) is 10.0 Å². The minimum absolute atomic E-state index is 0.0364. The fourth-order valence-electron chi connectivity index (χ4n) is 1.37. The van der Waals surface area contributed by atoms with Crippen molar-refractivity contribution in [2.45, 2.75) is 11.8 Å². The van der Waals surface area contributed by atoms with E-state index in [1.165, 1.54) is 23.0 Å².